The van der Waals surface area contributed by atoms with Gasteiger partial charge in [-0.3, -0.25) is 0 Å². The SMILES string of the molecule is CCCC(CC)(CC(C)(C)CC)C1CCCC1. The van der Waals surface area contributed by atoms with Gasteiger partial charge in [0, 0.05) is 0 Å². The van der Waals surface area contributed by atoms with Crippen molar-refractivity contribution in [1.82, 2.24) is 0 Å². The summed E-state index contributed by atoms with van der Waals surface area (Å²) in [4.78, 5) is 0. The second kappa shape index (κ2) is 6.25. The van der Waals surface area contributed by atoms with E-state index in [1.165, 1.54) is 57.8 Å². The van der Waals surface area contributed by atoms with Crippen LogP contribution in [0.2, 0.25) is 0 Å². The quantitative estimate of drug-likeness (QED) is 0.495. The van der Waals surface area contributed by atoms with Crippen molar-refractivity contribution in [3.8, 4) is 0 Å². The summed E-state index contributed by atoms with van der Waals surface area (Å²) in [6.45, 7) is 12.1. The predicted octanol–water partition coefficient (Wildman–Crippen LogP) is 6.20. The normalized spacial score (nSPS) is 21.7. The molecule has 1 saturated carbocycles. The number of rotatable bonds is 7. The summed E-state index contributed by atoms with van der Waals surface area (Å²) in [6, 6.07) is 0. The van der Waals surface area contributed by atoms with Crippen molar-refractivity contribution in [2.75, 3.05) is 0 Å². The Morgan fingerprint density at radius 3 is 1.94 bits per heavy atom. The van der Waals surface area contributed by atoms with Crippen LogP contribution in [0.5, 0.6) is 0 Å². The second-order valence-corrected chi connectivity index (χ2v) is 7.14. The van der Waals surface area contributed by atoms with Crippen molar-refractivity contribution in [3.63, 3.8) is 0 Å². The average Bonchev–Trinajstić information content (AvgIpc) is 2.82. The molecule has 0 heterocycles. The van der Waals surface area contributed by atoms with E-state index in [2.05, 4.69) is 34.6 Å². The van der Waals surface area contributed by atoms with Crippen LogP contribution in [-0.2, 0) is 0 Å². The molecule has 1 atom stereocenters. The smallest absolute Gasteiger partial charge is 0.0267 e. The Bertz CT molecular complexity index is 210. The molecule has 0 aromatic heterocycles. The molecule has 102 valence electrons. The summed E-state index contributed by atoms with van der Waals surface area (Å²) >= 11 is 0. The molecule has 1 unspecified atom stereocenters. The van der Waals surface area contributed by atoms with E-state index >= 15 is 0 Å². The lowest BCUT2D eigenvalue weighted by molar-refractivity contribution is 0.0646. The molecule has 0 bridgehead atoms. The minimum atomic E-state index is 0.535. The highest BCUT2D eigenvalue weighted by atomic mass is 14.5. The Labute approximate surface area is 110 Å². The van der Waals surface area contributed by atoms with Crippen molar-refractivity contribution in [3.05, 3.63) is 0 Å². The summed E-state index contributed by atoms with van der Waals surface area (Å²) in [6.07, 6.45) is 13.0. The third kappa shape index (κ3) is 3.73. The molecule has 1 aliphatic carbocycles. The standard InChI is InChI=1S/C17H34/c1-6-13-17(8-3,14-16(4,5)7-2)15-11-9-10-12-15/h15H,6-14H2,1-5H3. The van der Waals surface area contributed by atoms with Crippen LogP contribution < -0.4 is 0 Å². The van der Waals surface area contributed by atoms with Gasteiger partial charge in [-0.25, -0.2) is 0 Å². The highest BCUT2D eigenvalue weighted by Crippen LogP contribution is 2.52. The maximum atomic E-state index is 2.47. The molecule has 0 spiro atoms. The number of hydrogen-bond acceptors (Lipinski definition) is 0. The molecule has 1 rings (SSSR count). The van der Waals surface area contributed by atoms with Crippen molar-refractivity contribution in [1.29, 1.82) is 0 Å². The fourth-order valence-electron chi connectivity index (χ4n) is 4.14. The van der Waals surface area contributed by atoms with Gasteiger partial charge in [0.2, 0.25) is 0 Å². The van der Waals surface area contributed by atoms with Gasteiger partial charge in [0.1, 0.15) is 0 Å². The first-order valence-corrected chi connectivity index (χ1v) is 7.99. The lowest BCUT2D eigenvalue weighted by Crippen LogP contribution is -2.34. The summed E-state index contributed by atoms with van der Waals surface area (Å²) < 4.78 is 0. The summed E-state index contributed by atoms with van der Waals surface area (Å²) in [5.41, 5.74) is 1.19. The van der Waals surface area contributed by atoms with Gasteiger partial charge in [-0.15, -0.1) is 0 Å². The van der Waals surface area contributed by atoms with Gasteiger partial charge >= 0.3 is 0 Å². The molecule has 0 amide bonds. The minimum absolute atomic E-state index is 0.535. The van der Waals surface area contributed by atoms with Crippen molar-refractivity contribution in [2.24, 2.45) is 16.7 Å². The van der Waals surface area contributed by atoms with E-state index in [1.807, 2.05) is 0 Å². The Kier molecular flexibility index (Phi) is 5.54. The highest BCUT2D eigenvalue weighted by Gasteiger charge is 2.40. The molecular formula is C17H34. The monoisotopic (exact) mass is 238 g/mol. The van der Waals surface area contributed by atoms with Crippen LogP contribution in [-0.4, -0.2) is 0 Å². The molecular weight excluding hydrogens is 204 g/mol. The Morgan fingerprint density at radius 2 is 1.53 bits per heavy atom. The van der Waals surface area contributed by atoms with Gasteiger partial charge in [-0.2, -0.15) is 0 Å². The van der Waals surface area contributed by atoms with E-state index < -0.39 is 0 Å². The molecule has 0 aromatic carbocycles. The van der Waals surface area contributed by atoms with Gasteiger partial charge in [0.15, 0.2) is 0 Å². The predicted molar refractivity (Wildman–Crippen MR) is 78.3 cm³/mol. The first-order valence-electron chi connectivity index (χ1n) is 7.99. The third-order valence-corrected chi connectivity index (χ3v) is 5.46. The van der Waals surface area contributed by atoms with Gasteiger partial charge in [-0.05, 0) is 42.4 Å². The van der Waals surface area contributed by atoms with Gasteiger partial charge in [0.05, 0.1) is 0 Å². The summed E-state index contributed by atoms with van der Waals surface area (Å²) in [5.74, 6) is 1.03. The lowest BCUT2D eigenvalue weighted by Gasteiger charge is -2.44. The molecule has 0 heteroatoms. The summed E-state index contributed by atoms with van der Waals surface area (Å²) in [5, 5.41) is 0. The molecule has 1 aliphatic rings. The van der Waals surface area contributed by atoms with Gasteiger partial charge in [0.25, 0.3) is 0 Å². The molecule has 0 aromatic rings. The third-order valence-electron chi connectivity index (χ3n) is 5.46. The fraction of sp³-hybridized carbons (Fsp3) is 1.00. The molecule has 1 fully saturated rings. The maximum Gasteiger partial charge on any atom is -0.0267 e. The molecule has 0 N–H and O–H groups in total. The van der Waals surface area contributed by atoms with E-state index in [0.29, 0.717) is 10.8 Å². The van der Waals surface area contributed by atoms with Crippen LogP contribution in [0.1, 0.15) is 92.4 Å². The first-order chi connectivity index (χ1) is 7.99. The minimum Gasteiger partial charge on any atom is -0.0654 e. The maximum absolute atomic E-state index is 2.47. The Morgan fingerprint density at radius 1 is 0.941 bits per heavy atom. The largest absolute Gasteiger partial charge is 0.0654 e. The first kappa shape index (κ1) is 15.1. The molecule has 0 aliphatic heterocycles. The lowest BCUT2D eigenvalue weighted by atomic mass is 9.61. The van der Waals surface area contributed by atoms with E-state index in [1.54, 1.807) is 0 Å². The molecule has 0 radical (unpaired) electrons. The van der Waals surface area contributed by atoms with E-state index in [-0.39, 0.29) is 0 Å². The van der Waals surface area contributed by atoms with E-state index in [0.717, 1.165) is 5.92 Å². The van der Waals surface area contributed by atoms with Crippen LogP contribution in [0.25, 0.3) is 0 Å². The molecule has 17 heavy (non-hydrogen) atoms. The Hall–Kier alpha value is 0. The van der Waals surface area contributed by atoms with Crippen molar-refractivity contribution >= 4 is 0 Å². The molecule has 0 saturated heterocycles. The average molecular weight is 238 g/mol. The van der Waals surface area contributed by atoms with Crippen LogP contribution in [0.3, 0.4) is 0 Å². The van der Waals surface area contributed by atoms with Crippen LogP contribution in [0.15, 0.2) is 0 Å². The van der Waals surface area contributed by atoms with Crippen molar-refractivity contribution < 1.29 is 0 Å². The number of hydrogen-bond donors (Lipinski definition) is 0. The highest BCUT2D eigenvalue weighted by molar-refractivity contribution is 4.91. The second-order valence-electron chi connectivity index (χ2n) is 7.14. The Balaban J connectivity index is 2.82. The topological polar surface area (TPSA) is 0 Å². The van der Waals surface area contributed by atoms with Gasteiger partial charge < -0.3 is 0 Å². The molecule has 0 nitrogen and oxygen atoms in total. The fourth-order valence-corrected chi connectivity index (χ4v) is 4.14. The zero-order valence-corrected chi connectivity index (χ0v) is 12.9. The van der Waals surface area contributed by atoms with E-state index in [4.69, 9.17) is 0 Å². The van der Waals surface area contributed by atoms with Crippen LogP contribution in [0.4, 0.5) is 0 Å². The van der Waals surface area contributed by atoms with Crippen LogP contribution in [0, 0.1) is 16.7 Å². The van der Waals surface area contributed by atoms with E-state index in [9.17, 15) is 0 Å². The zero-order valence-electron chi connectivity index (χ0n) is 12.9. The van der Waals surface area contributed by atoms with Crippen LogP contribution >= 0.6 is 0 Å². The summed E-state index contributed by atoms with van der Waals surface area (Å²) in [7, 11) is 0. The van der Waals surface area contributed by atoms with Crippen molar-refractivity contribution in [2.45, 2.75) is 92.4 Å². The zero-order chi connectivity index (χ0) is 12.9. The van der Waals surface area contributed by atoms with Gasteiger partial charge in [-0.1, -0.05) is 66.7 Å².